The van der Waals surface area contributed by atoms with Crippen LogP contribution in [0.25, 0.3) is 0 Å². The van der Waals surface area contributed by atoms with Crippen LogP contribution in [-0.2, 0) is 14.4 Å². The topological polar surface area (TPSA) is 86.7 Å². The van der Waals surface area contributed by atoms with E-state index in [1.54, 1.807) is 31.2 Å². The number of amides is 2. The number of anilines is 2. The largest absolute Gasteiger partial charge is 0.481 e. The molecule has 1 aliphatic rings. The number of nitrogens with one attached hydrogen (secondary N) is 1. The third-order valence-corrected chi connectivity index (χ3v) is 3.55. The van der Waals surface area contributed by atoms with Crippen LogP contribution in [0, 0.1) is 11.8 Å². The molecule has 1 aromatic carbocycles. The fourth-order valence-corrected chi connectivity index (χ4v) is 2.18. The minimum atomic E-state index is -0.938. The molecule has 1 aromatic rings. The molecule has 0 aromatic heterocycles. The number of carboxylic acids is 1. The van der Waals surface area contributed by atoms with Crippen molar-refractivity contribution in [2.45, 2.75) is 26.7 Å². The van der Waals surface area contributed by atoms with Gasteiger partial charge in [0.05, 0.1) is 5.92 Å². The summed E-state index contributed by atoms with van der Waals surface area (Å²) in [5.41, 5.74) is 1.19. The van der Waals surface area contributed by atoms with Crippen LogP contribution in [0.4, 0.5) is 11.4 Å². The molecular weight excluding hydrogens is 284 g/mol. The van der Waals surface area contributed by atoms with Crippen molar-refractivity contribution in [3.8, 4) is 0 Å². The molecule has 2 rings (SSSR count). The molecule has 0 heterocycles. The van der Waals surface area contributed by atoms with Gasteiger partial charge in [0.25, 0.3) is 0 Å². The van der Waals surface area contributed by atoms with Crippen molar-refractivity contribution in [1.82, 2.24) is 0 Å². The van der Waals surface area contributed by atoms with Crippen molar-refractivity contribution in [2.24, 2.45) is 11.8 Å². The van der Waals surface area contributed by atoms with Crippen LogP contribution in [0.5, 0.6) is 0 Å². The Morgan fingerprint density at radius 1 is 1.36 bits per heavy atom. The summed E-state index contributed by atoms with van der Waals surface area (Å²) < 4.78 is 0. The van der Waals surface area contributed by atoms with E-state index in [-0.39, 0.29) is 24.3 Å². The maximum absolute atomic E-state index is 12.4. The molecular formula is C16H20N2O4. The average Bonchev–Trinajstić information content (AvgIpc) is 3.27. The van der Waals surface area contributed by atoms with Gasteiger partial charge < -0.3 is 15.3 Å². The predicted molar refractivity (Wildman–Crippen MR) is 82.6 cm³/mol. The Morgan fingerprint density at radius 2 is 2.05 bits per heavy atom. The number of rotatable bonds is 6. The standard InChI is InChI=1S/C16H20N2O4/c1-10(16(21)22)9-18(15(20)12-6-7-12)14-5-3-4-13(8-14)17-11(2)19/h3-5,8,10,12H,6-7,9H2,1-2H3,(H,17,19)(H,21,22). The van der Waals surface area contributed by atoms with Crippen LogP contribution in [0.15, 0.2) is 24.3 Å². The van der Waals surface area contributed by atoms with Gasteiger partial charge >= 0.3 is 5.97 Å². The molecule has 118 valence electrons. The summed E-state index contributed by atoms with van der Waals surface area (Å²) >= 11 is 0. The van der Waals surface area contributed by atoms with Crippen molar-refractivity contribution < 1.29 is 19.5 Å². The summed E-state index contributed by atoms with van der Waals surface area (Å²) in [6.45, 7) is 3.10. The summed E-state index contributed by atoms with van der Waals surface area (Å²) in [4.78, 5) is 36.2. The van der Waals surface area contributed by atoms with Crippen molar-refractivity contribution in [3.05, 3.63) is 24.3 Å². The lowest BCUT2D eigenvalue weighted by Gasteiger charge is -2.25. The summed E-state index contributed by atoms with van der Waals surface area (Å²) in [5, 5.41) is 11.8. The highest BCUT2D eigenvalue weighted by Gasteiger charge is 2.35. The number of hydrogen-bond acceptors (Lipinski definition) is 3. The lowest BCUT2D eigenvalue weighted by atomic mass is 10.1. The van der Waals surface area contributed by atoms with Gasteiger partial charge in [-0.2, -0.15) is 0 Å². The van der Waals surface area contributed by atoms with Gasteiger partial charge in [0.1, 0.15) is 0 Å². The number of nitrogens with zero attached hydrogens (tertiary/aromatic N) is 1. The van der Waals surface area contributed by atoms with Crippen LogP contribution < -0.4 is 10.2 Å². The van der Waals surface area contributed by atoms with Gasteiger partial charge in [-0.1, -0.05) is 13.0 Å². The van der Waals surface area contributed by atoms with Crippen molar-refractivity contribution >= 4 is 29.2 Å². The van der Waals surface area contributed by atoms with Gasteiger partial charge in [0, 0.05) is 30.8 Å². The molecule has 22 heavy (non-hydrogen) atoms. The molecule has 2 N–H and O–H groups in total. The first-order chi connectivity index (χ1) is 10.4. The van der Waals surface area contributed by atoms with Crippen molar-refractivity contribution in [1.29, 1.82) is 0 Å². The van der Waals surface area contributed by atoms with Crippen LogP contribution in [0.3, 0.4) is 0 Å². The van der Waals surface area contributed by atoms with E-state index in [1.807, 2.05) is 0 Å². The zero-order valence-corrected chi connectivity index (χ0v) is 12.7. The fraction of sp³-hybridized carbons (Fsp3) is 0.438. The second-order valence-electron chi connectivity index (χ2n) is 5.69. The Kier molecular flexibility index (Phi) is 4.80. The Hall–Kier alpha value is -2.37. The zero-order valence-electron chi connectivity index (χ0n) is 12.7. The Labute approximate surface area is 129 Å². The Morgan fingerprint density at radius 3 is 2.59 bits per heavy atom. The highest BCUT2D eigenvalue weighted by molar-refractivity contribution is 5.98. The lowest BCUT2D eigenvalue weighted by molar-refractivity contribution is -0.140. The first-order valence-electron chi connectivity index (χ1n) is 7.30. The molecule has 6 heteroatoms. The van der Waals surface area contributed by atoms with Crippen LogP contribution >= 0.6 is 0 Å². The third kappa shape index (κ3) is 4.07. The van der Waals surface area contributed by atoms with E-state index in [0.717, 1.165) is 12.8 Å². The van der Waals surface area contributed by atoms with Crippen LogP contribution in [0.2, 0.25) is 0 Å². The third-order valence-electron chi connectivity index (χ3n) is 3.55. The van der Waals surface area contributed by atoms with E-state index in [2.05, 4.69) is 5.32 Å². The molecule has 1 unspecified atom stereocenters. The quantitative estimate of drug-likeness (QED) is 0.842. The van der Waals surface area contributed by atoms with Crippen LogP contribution in [0.1, 0.15) is 26.7 Å². The molecule has 6 nitrogen and oxygen atoms in total. The van der Waals surface area contributed by atoms with Gasteiger partial charge in [-0.05, 0) is 31.0 Å². The molecule has 1 saturated carbocycles. The van der Waals surface area contributed by atoms with Crippen molar-refractivity contribution in [3.63, 3.8) is 0 Å². The van der Waals surface area contributed by atoms with E-state index < -0.39 is 11.9 Å². The maximum Gasteiger partial charge on any atom is 0.308 e. The van der Waals surface area contributed by atoms with Crippen LogP contribution in [-0.4, -0.2) is 29.4 Å². The van der Waals surface area contributed by atoms with Gasteiger partial charge in [-0.15, -0.1) is 0 Å². The van der Waals surface area contributed by atoms with E-state index in [4.69, 9.17) is 5.11 Å². The second-order valence-corrected chi connectivity index (χ2v) is 5.69. The Balaban J connectivity index is 2.25. The highest BCUT2D eigenvalue weighted by atomic mass is 16.4. The molecule has 0 aliphatic heterocycles. The summed E-state index contributed by atoms with van der Waals surface area (Å²) in [7, 11) is 0. The molecule has 0 spiro atoms. The predicted octanol–water partition coefficient (Wildman–Crippen LogP) is 2.11. The fourth-order valence-electron chi connectivity index (χ4n) is 2.18. The highest BCUT2D eigenvalue weighted by Crippen LogP contribution is 2.33. The smallest absolute Gasteiger partial charge is 0.308 e. The molecule has 0 saturated heterocycles. The molecule has 0 bridgehead atoms. The summed E-state index contributed by atoms with van der Waals surface area (Å²) in [6.07, 6.45) is 1.70. The number of carboxylic acid groups (broad SMARTS) is 1. The van der Waals surface area contributed by atoms with Gasteiger partial charge in [0.2, 0.25) is 11.8 Å². The SMILES string of the molecule is CC(=O)Nc1cccc(N(CC(C)C(=O)O)C(=O)C2CC2)c1. The number of aliphatic carboxylic acids is 1. The summed E-state index contributed by atoms with van der Waals surface area (Å²) in [5.74, 6) is -1.85. The normalized spacial score (nSPS) is 15.0. The number of hydrogen-bond donors (Lipinski definition) is 2. The minimum absolute atomic E-state index is 0.00887. The zero-order chi connectivity index (χ0) is 16.3. The van der Waals surface area contributed by atoms with E-state index in [1.165, 1.54) is 11.8 Å². The summed E-state index contributed by atoms with van der Waals surface area (Å²) in [6, 6.07) is 6.90. The van der Waals surface area contributed by atoms with Gasteiger partial charge in [-0.3, -0.25) is 14.4 Å². The molecule has 1 fully saturated rings. The maximum atomic E-state index is 12.4. The first kappa shape index (κ1) is 16.0. The monoisotopic (exact) mass is 304 g/mol. The molecule has 1 atom stereocenters. The van der Waals surface area contributed by atoms with E-state index >= 15 is 0 Å². The lowest BCUT2D eigenvalue weighted by Crippen LogP contribution is -2.38. The minimum Gasteiger partial charge on any atom is -0.481 e. The average molecular weight is 304 g/mol. The Bertz CT molecular complexity index is 596. The molecule has 2 amide bonds. The van der Waals surface area contributed by atoms with Gasteiger partial charge in [-0.25, -0.2) is 0 Å². The second kappa shape index (κ2) is 6.60. The van der Waals surface area contributed by atoms with Crippen molar-refractivity contribution in [2.75, 3.05) is 16.8 Å². The number of benzene rings is 1. The van der Waals surface area contributed by atoms with E-state index in [9.17, 15) is 14.4 Å². The number of carbonyl (C=O) groups is 3. The first-order valence-corrected chi connectivity index (χ1v) is 7.30. The molecule has 1 aliphatic carbocycles. The van der Waals surface area contributed by atoms with Gasteiger partial charge in [0.15, 0.2) is 0 Å². The molecule has 0 radical (unpaired) electrons. The number of carbonyl (C=O) groups excluding carboxylic acids is 2. The van der Waals surface area contributed by atoms with E-state index in [0.29, 0.717) is 11.4 Å².